The lowest BCUT2D eigenvalue weighted by molar-refractivity contribution is -0.328. The first kappa shape index (κ1) is 32.1. The number of methoxy groups -OCH3 is 1. The average Bonchev–Trinajstić information content (AvgIpc) is 3.92. The lowest BCUT2D eigenvalue weighted by atomic mass is 9.97. The molecule has 0 spiro atoms. The average molecular weight is 680 g/mol. The minimum absolute atomic E-state index is 0.00284. The number of imidazole rings is 1. The van der Waals surface area contributed by atoms with Crippen LogP contribution in [-0.4, -0.2) is 73.9 Å². The number of aryl methyl sites for hydroxylation is 1. The number of hydrogen-bond donors (Lipinski definition) is 2. The van der Waals surface area contributed by atoms with E-state index >= 15 is 0 Å². The van der Waals surface area contributed by atoms with Crippen molar-refractivity contribution in [1.29, 1.82) is 0 Å². The SMILES string of the molecule is COc1cc(C(=O)N2[C@H]3CC[C@@H]2[C@H](N)C3)cc2nc(-c3cc4ccc([C@@H](C)NC(=O)C5(COC(F)(F)F)CC5)nc4n3CC3CC3)c(C)n12. The number of alkyl halides is 3. The number of nitrogens with two attached hydrogens (primary N) is 1. The number of hydrogen-bond acceptors (Lipinski definition) is 7. The van der Waals surface area contributed by atoms with Crippen molar-refractivity contribution < 1.29 is 32.2 Å². The number of nitrogens with one attached hydrogen (secondary N) is 1. The van der Waals surface area contributed by atoms with Crippen molar-refractivity contribution in [1.82, 2.24) is 29.2 Å². The van der Waals surface area contributed by atoms with E-state index in [-0.39, 0.29) is 24.0 Å². The number of aromatic nitrogens is 4. The molecule has 0 radical (unpaired) electrons. The van der Waals surface area contributed by atoms with Gasteiger partial charge >= 0.3 is 6.36 Å². The number of fused-ring (bicyclic) bond motifs is 4. The first-order chi connectivity index (χ1) is 23.4. The Kier molecular flexibility index (Phi) is 7.49. The second-order valence-electron chi connectivity index (χ2n) is 14.4. The Bertz CT molecular complexity index is 1980. The number of amides is 2. The fourth-order valence-corrected chi connectivity index (χ4v) is 7.85. The molecule has 0 aromatic carbocycles. The summed E-state index contributed by atoms with van der Waals surface area (Å²) in [7, 11) is 1.58. The molecule has 2 bridgehead atoms. The molecular weight excluding hydrogens is 639 g/mol. The lowest BCUT2D eigenvalue weighted by Crippen LogP contribution is -2.40. The Labute approximate surface area is 280 Å². The molecule has 14 heteroatoms. The molecule has 2 amide bonds. The van der Waals surface area contributed by atoms with Gasteiger partial charge in [0.15, 0.2) is 5.88 Å². The highest BCUT2D eigenvalue weighted by molar-refractivity contribution is 5.97. The third kappa shape index (κ3) is 5.62. The van der Waals surface area contributed by atoms with Crippen LogP contribution in [0.3, 0.4) is 0 Å². The smallest absolute Gasteiger partial charge is 0.482 e. The van der Waals surface area contributed by atoms with Gasteiger partial charge < -0.3 is 25.3 Å². The quantitative estimate of drug-likeness (QED) is 0.234. The van der Waals surface area contributed by atoms with Crippen LogP contribution in [0.25, 0.3) is 28.1 Å². The first-order valence-corrected chi connectivity index (χ1v) is 17.0. The standard InChI is InChI=1S/C35H40F3N7O4/c1-18(40-33(47)34(10-11-34)17-49-35(36,37)38)25-8-6-21-12-27(43(31(21)41-25)16-20-4-5-20)30-19(2)44-28(42-30)13-22(14-29(44)48-3)32(46)45-23-7-9-26(45)24(39)15-23/h6,8,12-14,18,20,23-24,26H,4-5,7,9-11,15-17,39H2,1-3H3,(H,40,47)/t18-,23+,24-,26-/m1/s1. The van der Waals surface area contributed by atoms with Crippen LogP contribution >= 0.6 is 0 Å². The monoisotopic (exact) mass is 679 g/mol. The molecule has 2 saturated heterocycles. The predicted molar refractivity (Wildman–Crippen MR) is 174 cm³/mol. The van der Waals surface area contributed by atoms with Crippen molar-refractivity contribution in [3.8, 4) is 17.3 Å². The summed E-state index contributed by atoms with van der Waals surface area (Å²) >= 11 is 0. The van der Waals surface area contributed by atoms with E-state index in [0.29, 0.717) is 41.5 Å². The molecular formula is C35H40F3N7O4. The Hall–Kier alpha value is -4.17. The number of ether oxygens (including phenoxy) is 2. The molecule has 3 N–H and O–H groups in total. The van der Waals surface area contributed by atoms with E-state index < -0.39 is 30.3 Å². The Morgan fingerprint density at radius 3 is 2.53 bits per heavy atom. The summed E-state index contributed by atoms with van der Waals surface area (Å²) < 4.78 is 52.0. The van der Waals surface area contributed by atoms with Gasteiger partial charge in [0.2, 0.25) is 5.91 Å². The van der Waals surface area contributed by atoms with Crippen molar-refractivity contribution in [3.05, 3.63) is 47.3 Å². The number of rotatable bonds is 10. The van der Waals surface area contributed by atoms with Crippen molar-refractivity contribution in [2.24, 2.45) is 17.1 Å². The van der Waals surface area contributed by atoms with Crippen LogP contribution in [0.4, 0.5) is 13.2 Å². The van der Waals surface area contributed by atoms with Gasteiger partial charge in [0.25, 0.3) is 5.91 Å². The van der Waals surface area contributed by atoms with Crippen molar-refractivity contribution >= 4 is 28.5 Å². The van der Waals surface area contributed by atoms with Crippen molar-refractivity contribution in [2.75, 3.05) is 13.7 Å². The van der Waals surface area contributed by atoms with Gasteiger partial charge in [0, 0.05) is 41.7 Å². The van der Waals surface area contributed by atoms with Gasteiger partial charge in [-0.05, 0) is 89.0 Å². The second-order valence-corrected chi connectivity index (χ2v) is 14.4. The van der Waals surface area contributed by atoms with Gasteiger partial charge in [-0.3, -0.25) is 18.7 Å². The third-order valence-electron chi connectivity index (χ3n) is 11.0. The fourth-order valence-electron chi connectivity index (χ4n) is 7.85. The van der Waals surface area contributed by atoms with Crippen molar-refractivity contribution in [2.45, 2.75) is 95.9 Å². The molecule has 6 heterocycles. The van der Waals surface area contributed by atoms with Crippen LogP contribution < -0.4 is 15.8 Å². The zero-order valence-corrected chi connectivity index (χ0v) is 27.7. The van der Waals surface area contributed by atoms with Gasteiger partial charge in [-0.15, -0.1) is 13.2 Å². The van der Waals surface area contributed by atoms with E-state index in [9.17, 15) is 22.8 Å². The normalized spacial score (nSPS) is 23.4. The summed E-state index contributed by atoms with van der Waals surface area (Å²) in [5.41, 5.74) is 10.1. The van der Waals surface area contributed by atoms with Gasteiger partial charge in [-0.25, -0.2) is 9.97 Å². The Morgan fingerprint density at radius 2 is 1.90 bits per heavy atom. The summed E-state index contributed by atoms with van der Waals surface area (Å²) in [5, 5.41) is 3.77. The van der Waals surface area contributed by atoms with Gasteiger partial charge in [-0.1, -0.05) is 0 Å². The molecule has 49 heavy (non-hydrogen) atoms. The molecule has 0 unspecified atom stereocenters. The molecule has 2 aliphatic carbocycles. The Balaban J connectivity index is 1.12. The highest BCUT2D eigenvalue weighted by Crippen LogP contribution is 2.47. The predicted octanol–water partition coefficient (Wildman–Crippen LogP) is 5.28. The minimum atomic E-state index is -4.79. The van der Waals surface area contributed by atoms with Crippen LogP contribution in [0, 0.1) is 18.3 Å². The molecule has 4 atom stereocenters. The van der Waals surface area contributed by atoms with Crippen molar-refractivity contribution in [3.63, 3.8) is 0 Å². The maximum atomic E-state index is 13.8. The van der Waals surface area contributed by atoms with Gasteiger partial charge in [0.05, 0.1) is 42.3 Å². The molecule has 4 fully saturated rings. The van der Waals surface area contributed by atoms with Gasteiger partial charge in [0.1, 0.15) is 17.0 Å². The van der Waals surface area contributed by atoms with E-state index in [0.717, 1.165) is 66.8 Å². The second kappa shape index (κ2) is 11.4. The minimum Gasteiger partial charge on any atom is -0.482 e. The lowest BCUT2D eigenvalue weighted by Gasteiger charge is -2.23. The van der Waals surface area contributed by atoms with Gasteiger partial charge in [-0.2, -0.15) is 0 Å². The number of halogens is 3. The maximum Gasteiger partial charge on any atom is 0.522 e. The Morgan fingerprint density at radius 1 is 1.12 bits per heavy atom. The summed E-state index contributed by atoms with van der Waals surface area (Å²) in [6.07, 6.45) is 0.838. The topological polar surface area (TPSA) is 129 Å². The largest absolute Gasteiger partial charge is 0.522 e. The molecule has 4 aromatic heterocycles. The van der Waals surface area contributed by atoms with Crippen LogP contribution in [0.15, 0.2) is 30.3 Å². The number of nitrogens with zero attached hydrogens (tertiary/aromatic N) is 5. The first-order valence-electron chi connectivity index (χ1n) is 17.0. The molecule has 2 aliphatic heterocycles. The van der Waals surface area contributed by atoms with Crippen LogP contribution in [0.2, 0.25) is 0 Å². The van der Waals surface area contributed by atoms with Crippen LogP contribution in [0.1, 0.15) is 79.7 Å². The number of pyridine rings is 2. The summed E-state index contributed by atoms with van der Waals surface area (Å²) in [6, 6.07) is 9.13. The highest BCUT2D eigenvalue weighted by Gasteiger charge is 2.52. The molecule has 11 nitrogen and oxygen atoms in total. The fraction of sp³-hybridized carbons (Fsp3) is 0.543. The summed E-state index contributed by atoms with van der Waals surface area (Å²) in [4.78, 5) is 38.8. The summed E-state index contributed by atoms with van der Waals surface area (Å²) in [6.45, 7) is 3.80. The molecule has 4 aliphatic rings. The zero-order valence-electron chi connectivity index (χ0n) is 27.7. The molecule has 2 saturated carbocycles. The zero-order chi connectivity index (χ0) is 34.4. The number of carbonyl (C=O) groups excluding carboxylic acids is 2. The summed E-state index contributed by atoms with van der Waals surface area (Å²) in [5.74, 6) is 0.493. The number of carbonyl (C=O) groups is 2. The van der Waals surface area contributed by atoms with E-state index in [1.807, 2.05) is 34.4 Å². The van der Waals surface area contributed by atoms with Crippen LogP contribution in [0.5, 0.6) is 5.88 Å². The maximum absolute atomic E-state index is 13.8. The van der Waals surface area contributed by atoms with Crippen LogP contribution in [-0.2, 0) is 16.1 Å². The highest BCUT2D eigenvalue weighted by atomic mass is 19.4. The van der Waals surface area contributed by atoms with E-state index in [4.69, 9.17) is 20.4 Å². The van der Waals surface area contributed by atoms with E-state index in [2.05, 4.69) is 20.7 Å². The molecule has 8 rings (SSSR count). The molecule has 260 valence electrons. The third-order valence-corrected chi connectivity index (χ3v) is 11.0. The molecule has 4 aromatic rings. The van der Waals surface area contributed by atoms with E-state index in [1.165, 1.54) is 0 Å². The van der Waals surface area contributed by atoms with E-state index in [1.54, 1.807) is 20.1 Å².